The summed E-state index contributed by atoms with van der Waals surface area (Å²) >= 11 is 1.31. The van der Waals surface area contributed by atoms with E-state index in [0.29, 0.717) is 21.4 Å². The van der Waals surface area contributed by atoms with Crippen LogP contribution in [-0.2, 0) is 4.79 Å². The lowest BCUT2D eigenvalue weighted by atomic mass is 10.2. The Morgan fingerprint density at radius 1 is 1.18 bits per heavy atom. The Kier molecular flexibility index (Phi) is 4.77. The summed E-state index contributed by atoms with van der Waals surface area (Å²) in [5.41, 5.74) is 2.02. The van der Waals surface area contributed by atoms with Crippen molar-refractivity contribution < 1.29 is 9.53 Å². The molecule has 0 aliphatic carbocycles. The molecule has 4 rings (SSSR count). The Morgan fingerprint density at radius 2 is 2.00 bits per heavy atom. The van der Waals surface area contributed by atoms with Crippen LogP contribution in [0.1, 0.15) is 18.2 Å². The number of hydrogen-bond donors (Lipinski definition) is 0. The fourth-order valence-corrected chi connectivity index (χ4v) is 3.44. The molecule has 138 valence electrons. The van der Waals surface area contributed by atoms with Crippen molar-refractivity contribution in [2.45, 2.75) is 6.92 Å². The molecule has 8 heteroatoms. The minimum atomic E-state index is -0.379. The van der Waals surface area contributed by atoms with Gasteiger partial charge in [0.15, 0.2) is 0 Å². The summed E-state index contributed by atoms with van der Waals surface area (Å²) in [6.45, 7) is 1.35. The maximum atomic E-state index is 12.4. The summed E-state index contributed by atoms with van der Waals surface area (Å²) in [5.74, 6) is 0.0748. The average molecular weight is 390 g/mol. The summed E-state index contributed by atoms with van der Waals surface area (Å²) in [7, 11) is 0. The lowest BCUT2D eigenvalue weighted by Gasteiger charge is -2.01. The van der Waals surface area contributed by atoms with Gasteiger partial charge < -0.3 is 4.74 Å². The van der Waals surface area contributed by atoms with Crippen LogP contribution >= 0.6 is 11.3 Å². The number of carbonyl (C=O) groups is 1. The number of aromatic nitrogens is 4. The van der Waals surface area contributed by atoms with Gasteiger partial charge in [0, 0.05) is 30.9 Å². The summed E-state index contributed by atoms with van der Waals surface area (Å²) in [5, 5.41) is 5.00. The highest BCUT2D eigenvalue weighted by Gasteiger charge is 2.10. The van der Waals surface area contributed by atoms with E-state index in [1.165, 1.54) is 28.8 Å². The first kappa shape index (κ1) is 17.7. The molecule has 0 bridgehead atoms. The van der Waals surface area contributed by atoms with Crippen LogP contribution in [0.15, 0.2) is 59.7 Å². The second kappa shape index (κ2) is 7.53. The molecule has 0 N–H and O–H groups in total. The van der Waals surface area contributed by atoms with E-state index in [9.17, 15) is 9.59 Å². The normalized spacial score (nSPS) is 11.2. The standard InChI is InChI=1S/C20H14N4O3S/c1-13(25)27-17-8-5-15(6-9-17)19-23-24-18(26)11-16(22-20(24)28-19)7-4-14-3-2-10-21-12-14/h2-12H,1H3. The fourth-order valence-electron chi connectivity index (χ4n) is 2.52. The molecule has 28 heavy (non-hydrogen) atoms. The van der Waals surface area contributed by atoms with Crippen molar-refractivity contribution >= 4 is 34.4 Å². The molecule has 1 aromatic carbocycles. The van der Waals surface area contributed by atoms with Crippen molar-refractivity contribution in [3.8, 4) is 16.3 Å². The number of carbonyl (C=O) groups excluding carboxylic acids is 1. The zero-order valence-corrected chi connectivity index (χ0v) is 15.6. The largest absolute Gasteiger partial charge is 0.427 e. The van der Waals surface area contributed by atoms with Crippen molar-refractivity contribution in [1.82, 2.24) is 19.6 Å². The van der Waals surface area contributed by atoms with Crippen LogP contribution in [0.5, 0.6) is 5.75 Å². The van der Waals surface area contributed by atoms with Gasteiger partial charge in [-0.2, -0.15) is 9.61 Å². The minimum Gasteiger partial charge on any atom is -0.427 e. The van der Waals surface area contributed by atoms with Crippen molar-refractivity contribution in [2.24, 2.45) is 0 Å². The van der Waals surface area contributed by atoms with Gasteiger partial charge in [0.2, 0.25) is 4.96 Å². The van der Waals surface area contributed by atoms with Gasteiger partial charge in [0.1, 0.15) is 10.8 Å². The van der Waals surface area contributed by atoms with Gasteiger partial charge in [-0.1, -0.05) is 23.5 Å². The van der Waals surface area contributed by atoms with Crippen molar-refractivity contribution in [3.05, 3.63) is 76.5 Å². The zero-order valence-electron chi connectivity index (χ0n) is 14.8. The summed E-state index contributed by atoms with van der Waals surface area (Å²) < 4.78 is 6.31. The average Bonchev–Trinajstić information content (AvgIpc) is 3.12. The van der Waals surface area contributed by atoms with Crippen LogP contribution in [-0.4, -0.2) is 25.6 Å². The SMILES string of the molecule is CC(=O)Oc1ccc(-c2nn3c(=O)cc(C=Cc4cccnc4)nc3s2)cc1. The van der Waals surface area contributed by atoms with E-state index >= 15 is 0 Å². The van der Waals surface area contributed by atoms with Gasteiger partial charge in [0.25, 0.3) is 5.56 Å². The van der Waals surface area contributed by atoms with Gasteiger partial charge in [-0.25, -0.2) is 4.98 Å². The molecule has 3 aromatic heterocycles. The van der Waals surface area contributed by atoms with E-state index in [4.69, 9.17) is 4.74 Å². The van der Waals surface area contributed by atoms with E-state index in [0.717, 1.165) is 11.1 Å². The van der Waals surface area contributed by atoms with E-state index in [1.54, 1.807) is 42.7 Å². The summed E-state index contributed by atoms with van der Waals surface area (Å²) in [6, 6.07) is 12.1. The lowest BCUT2D eigenvalue weighted by molar-refractivity contribution is -0.131. The Morgan fingerprint density at radius 3 is 2.71 bits per heavy atom. The number of ether oxygens (including phenoxy) is 1. The maximum Gasteiger partial charge on any atom is 0.308 e. The monoisotopic (exact) mass is 390 g/mol. The molecule has 0 aliphatic rings. The Bertz CT molecular complexity index is 1230. The van der Waals surface area contributed by atoms with Crippen LogP contribution in [0, 0.1) is 0 Å². The zero-order chi connectivity index (χ0) is 19.5. The van der Waals surface area contributed by atoms with Crippen LogP contribution in [0.4, 0.5) is 0 Å². The van der Waals surface area contributed by atoms with Crippen LogP contribution in [0.2, 0.25) is 0 Å². The van der Waals surface area contributed by atoms with Gasteiger partial charge in [-0.15, -0.1) is 0 Å². The highest BCUT2D eigenvalue weighted by Crippen LogP contribution is 2.26. The molecule has 0 aliphatic heterocycles. The molecular formula is C20H14N4O3S. The summed E-state index contributed by atoms with van der Waals surface area (Å²) in [4.78, 5) is 32.4. The second-order valence-corrected chi connectivity index (χ2v) is 6.81. The third-order valence-corrected chi connectivity index (χ3v) is 4.72. The Balaban J connectivity index is 1.65. The molecular weight excluding hydrogens is 376 g/mol. The first-order chi connectivity index (χ1) is 13.6. The van der Waals surface area contributed by atoms with E-state index < -0.39 is 0 Å². The first-order valence-corrected chi connectivity index (χ1v) is 9.18. The predicted octanol–water partition coefficient (Wildman–Crippen LogP) is 3.31. The highest BCUT2D eigenvalue weighted by molar-refractivity contribution is 7.19. The number of nitrogens with zero attached hydrogens (tertiary/aromatic N) is 4. The lowest BCUT2D eigenvalue weighted by Crippen LogP contribution is -2.14. The van der Waals surface area contributed by atoms with Gasteiger partial charge in [-0.3, -0.25) is 14.6 Å². The second-order valence-electron chi connectivity index (χ2n) is 5.86. The number of fused-ring (bicyclic) bond motifs is 1. The number of rotatable bonds is 4. The molecule has 0 spiro atoms. The Labute approximate surface area is 163 Å². The number of pyridine rings is 1. The number of esters is 1. The van der Waals surface area contributed by atoms with E-state index in [2.05, 4.69) is 15.1 Å². The molecule has 0 fully saturated rings. The molecule has 4 aromatic rings. The van der Waals surface area contributed by atoms with E-state index in [1.807, 2.05) is 18.2 Å². The smallest absolute Gasteiger partial charge is 0.308 e. The van der Waals surface area contributed by atoms with Gasteiger partial charge in [-0.05, 0) is 42.0 Å². The third-order valence-electron chi connectivity index (χ3n) is 3.76. The van der Waals surface area contributed by atoms with Crippen molar-refractivity contribution in [1.29, 1.82) is 0 Å². The fraction of sp³-hybridized carbons (Fsp3) is 0.0500. The van der Waals surface area contributed by atoms with Gasteiger partial charge >= 0.3 is 5.97 Å². The predicted molar refractivity (Wildman–Crippen MR) is 107 cm³/mol. The maximum absolute atomic E-state index is 12.4. The van der Waals surface area contributed by atoms with Crippen LogP contribution in [0.25, 0.3) is 27.7 Å². The first-order valence-electron chi connectivity index (χ1n) is 8.36. The molecule has 0 atom stereocenters. The third kappa shape index (κ3) is 3.86. The highest BCUT2D eigenvalue weighted by atomic mass is 32.1. The molecule has 0 saturated heterocycles. The van der Waals surface area contributed by atoms with Crippen LogP contribution in [0.3, 0.4) is 0 Å². The molecule has 0 radical (unpaired) electrons. The Hall–Kier alpha value is -3.65. The number of benzene rings is 1. The quantitative estimate of drug-likeness (QED) is 0.392. The van der Waals surface area contributed by atoms with Crippen molar-refractivity contribution in [2.75, 3.05) is 0 Å². The van der Waals surface area contributed by atoms with Gasteiger partial charge in [0.05, 0.1) is 5.69 Å². The van der Waals surface area contributed by atoms with Crippen LogP contribution < -0.4 is 10.3 Å². The topological polar surface area (TPSA) is 86.5 Å². The molecule has 3 heterocycles. The minimum absolute atomic E-state index is 0.255. The molecule has 0 unspecified atom stereocenters. The number of hydrogen-bond acceptors (Lipinski definition) is 7. The van der Waals surface area contributed by atoms with Crippen molar-refractivity contribution in [3.63, 3.8) is 0 Å². The molecule has 7 nitrogen and oxygen atoms in total. The van der Waals surface area contributed by atoms with E-state index in [-0.39, 0.29) is 11.5 Å². The molecule has 0 saturated carbocycles. The molecule has 0 amide bonds. The summed E-state index contributed by atoms with van der Waals surface area (Å²) in [6.07, 6.45) is 7.05.